The van der Waals surface area contributed by atoms with Crippen molar-refractivity contribution >= 4 is 32.6 Å². The second-order valence-electron chi connectivity index (χ2n) is 10.1. The summed E-state index contributed by atoms with van der Waals surface area (Å²) in [4.78, 5) is 0. The monoisotopic (exact) mass is 473 g/mol. The highest BCUT2D eigenvalue weighted by Crippen LogP contribution is 2.48. The number of benzene rings is 5. The summed E-state index contributed by atoms with van der Waals surface area (Å²) in [6.45, 7) is 2.23. The molecule has 174 valence electrons. The number of pyridine rings is 1. The molecule has 2 heteroatoms. The molecule has 0 aliphatic heterocycles. The van der Waals surface area contributed by atoms with Crippen LogP contribution in [-0.4, -0.2) is 4.57 Å². The maximum Gasteiger partial charge on any atom is 0.221 e. The lowest BCUT2D eigenvalue weighted by molar-refractivity contribution is -0.659. The highest BCUT2D eigenvalue weighted by Gasteiger charge is 2.29. The van der Waals surface area contributed by atoms with Gasteiger partial charge in [0, 0.05) is 22.5 Å². The van der Waals surface area contributed by atoms with Gasteiger partial charge in [-0.1, -0.05) is 78.9 Å². The first-order valence-corrected chi connectivity index (χ1v) is 12.9. The molecule has 0 spiro atoms. The van der Waals surface area contributed by atoms with E-state index in [1.54, 1.807) is 0 Å². The Morgan fingerprint density at radius 2 is 1.22 bits per heavy atom. The second-order valence-corrected chi connectivity index (χ2v) is 10.1. The normalized spacial score (nSPS) is 12.1. The van der Waals surface area contributed by atoms with E-state index in [1.807, 2.05) is 0 Å². The number of aryl methyl sites for hydroxylation is 2. The van der Waals surface area contributed by atoms with Crippen LogP contribution >= 0.6 is 0 Å². The van der Waals surface area contributed by atoms with Crippen molar-refractivity contribution in [1.82, 2.24) is 4.57 Å². The third kappa shape index (κ3) is 2.73. The van der Waals surface area contributed by atoms with Crippen LogP contribution in [0.2, 0.25) is 0 Å². The van der Waals surface area contributed by atoms with Crippen LogP contribution in [0.5, 0.6) is 0 Å². The van der Waals surface area contributed by atoms with E-state index in [2.05, 4.69) is 138 Å². The van der Waals surface area contributed by atoms with Gasteiger partial charge in [-0.3, -0.25) is 0 Å². The van der Waals surface area contributed by atoms with Gasteiger partial charge in [0.1, 0.15) is 7.05 Å². The molecule has 0 unspecified atom stereocenters. The summed E-state index contributed by atoms with van der Waals surface area (Å²) >= 11 is 0. The van der Waals surface area contributed by atoms with Gasteiger partial charge in [-0.25, -0.2) is 4.57 Å². The molecular weight excluding hydrogens is 448 g/mol. The van der Waals surface area contributed by atoms with Crippen LogP contribution in [0.4, 0.5) is 0 Å². The summed E-state index contributed by atoms with van der Waals surface area (Å²) in [5.41, 5.74) is 12.7. The molecule has 0 amide bonds. The first kappa shape index (κ1) is 20.5. The second kappa shape index (κ2) is 7.41. The molecule has 1 aliphatic rings. The standard InChI is InChI=1S/C35H25N2/c1-22-10-9-15-29-25-11-3-4-12-26(25)30-21-24(20-23-18-19-36(2)35(33(22)29)34(23)30)37-31-16-7-5-13-27(31)28-14-6-8-17-32(28)37/h3-21H,1-2H3/q+1. The van der Waals surface area contributed by atoms with Crippen molar-refractivity contribution in [3.8, 4) is 39.2 Å². The Hall–Kier alpha value is -4.69. The minimum Gasteiger partial charge on any atom is -0.309 e. The van der Waals surface area contributed by atoms with E-state index in [-0.39, 0.29) is 0 Å². The smallest absolute Gasteiger partial charge is 0.221 e. The van der Waals surface area contributed by atoms with Crippen molar-refractivity contribution in [1.29, 1.82) is 0 Å². The van der Waals surface area contributed by atoms with Gasteiger partial charge < -0.3 is 4.57 Å². The summed E-state index contributed by atoms with van der Waals surface area (Å²) in [7, 11) is 2.17. The van der Waals surface area contributed by atoms with Gasteiger partial charge in [-0.15, -0.1) is 0 Å². The molecule has 37 heavy (non-hydrogen) atoms. The molecular formula is C35H25N2+. The fraction of sp³-hybridized carbons (Fsp3) is 0.0571. The molecule has 1 aliphatic carbocycles. The molecule has 0 atom stereocenters. The SMILES string of the molecule is Cc1cccc2c1-c1c3c(cc(-n4c5ccccc5c5ccccc54)cc3cc[n+]1C)-c1ccccc1-2. The van der Waals surface area contributed by atoms with Crippen molar-refractivity contribution in [2.45, 2.75) is 6.92 Å². The van der Waals surface area contributed by atoms with Crippen LogP contribution in [0.1, 0.15) is 5.56 Å². The van der Waals surface area contributed by atoms with Gasteiger partial charge in [-0.2, -0.15) is 0 Å². The Morgan fingerprint density at radius 3 is 1.95 bits per heavy atom. The molecule has 2 aromatic heterocycles. The zero-order chi connectivity index (χ0) is 24.7. The first-order chi connectivity index (χ1) is 18.2. The largest absolute Gasteiger partial charge is 0.309 e. The lowest BCUT2D eigenvalue weighted by Gasteiger charge is -2.14. The Kier molecular flexibility index (Phi) is 4.10. The average molecular weight is 474 g/mol. The van der Waals surface area contributed by atoms with Gasteiger partial charge in [0.25, 0.3) is 0 Å². The number of nitrogens with zero attached hydrogens (tertiary/aromatic N) is 2. The van der Waals surface area contributed by atoms with Crippen molar-refractivity contribution < 1.29 is 4.57 Å². The van der Waals surface area contributed by atoms with Crippen LogP contribution in [0.3, 0.4) is 0 Å². The van der Waals surface area contributed by atoms with E-state index in [0.717, 1.165) is 0 Å². The molecule has 0 N–H and O–H groups in total. The van der Waals surface area contributed by atoms with E-state index >= 15 is 0 Å². The number of fused-ring (bicyclic) bond motifs is 8. The number of hydrogen-bond acceptors (Lipinski definition) is 0. The third-order valence-electron chi connectivity index (χ3n) is 8.08. The van der Waals surface area contributed by atoms with Gasteiger partial charge in [0.05, 0.1) is 22.0 Å². The van der Waals surface area contributed by atoms with E-state index in [9.17, 15) is 0 Å². The van der Waals surface area contributed by atoms with Gasteiger partial charge in [0.15, 0.2) is 6.20 Å². The van der Waals surface area contributed by atoms with Gasteiger partial charge in [0.2, 0.25) is 5.69 Å². The molecule has 2 nitrogen and oxygen atoms in total. The molecule has 8 rings (SSSR count). The Balaban J connectivity index is 1.58. The summed E-state index contributed by atoms with van der Waals surface area (Å²) in [5.74, 6) is 0. The lowest BCUT2D eigenvalue weighted by atomic mass is 9.92. The predicted octanol–water partition coefficient (Wildman–Crippen LogP) is 8.38. The Labute approximate surface area is 215 Å². The van der Waals surface area contributed by atoms with E-state index in [0.29, 0.717) is 0 Å². The predicted molar refractivity (Wildman–Crippen MR) is 154 cm³/mol. The average Bonchev–Trinajstić information content (AvgIpc) is 3.20. The van der Waals surface area contributed by atoms with Gasteiger partial charge in [-0.05, 0) is 64.4 Å². The maximum atomic E-state index is 2.43. The zero-order valence-corrected chi connectivity index (χ0v) is 20.9. The Morgan fingerprint density at radius 1 is 0.595 bits per heavy atom. The van der Waals surface area contributed by atoms with Crippen LogP contribution in [0.15, 0.2) is 115 Å². The highest BCUT2D eigenvalue weighted by molar-refractivity contribution is 6.14. The molecule has 0 fully saturated rings. The Bertz CT molecular complexity index is 2010. The van der Waals surface area contributed by atoms with Crippen molar-refractivity contribution in [2.24, 2.45) is 7.05 Å². The third-order valence-corrected chi connectivity index (χ3v) is 8.08. The van der Waals surface area contributed by atoms with Crippen LogP contribution in [0, 0.1) is 6.92 Å². The molecule has 7 aromatic rings. The van der Waals surface area contributed by atoms with Crippen LogP contribution in [0.25, 0.3) is 71.8 Å². The van der Waals surface area contributed by atoms with E-state index in [4.69, 9.17) is 0 Å². The minimum absolute atomic E-state index is 1.19. The lowest BCUT2D eigenvalue weighted by Crippen LogP contribution is -2.31. The molecule has 0 saturated heterocycles. The number of para-hydroxylation sites is 2. The number of rotatable bonds is 1. The molecule has 5 aromatic carbocycles. The zero-order valence-electron chi connectivity index (χ0n) is 20.9. The summed E-state index contributed by atoms with van der Waals surface area (Å²) in [6, 6.07) is 40.1. The number of hydrogen-bond donors (Lipinski definition) is 0. The van der Waals surface area contributed by atoms with Crippen molar-refractivity contribution in [2.75, 3.05) is 0 Å². The molecule has 2 heterocycles. The summed E-state index contributed by atoms with van der Waals surface area (Å²) < 4.78 is 4.73. The van der Waals surface area contributed by atoms with E-state index < -0.39 is 0 Å². The molecule has 0 bridgehead atoms. The fourth-order valence-electron chi connectivity index (χ4n) is 6.49. The van der Waals surface area contributed by atoms with Crippen molar-refractivity contribution in [3.05, 3.63) is 121 Å². The van der Waals surface area contributed by atoms with E-state index in [1.165, 1.54) is 77.3 Å². The summed E-state index contributed by atoms with van der Waals surface area (Å²) in [6.07, 6.45) is 2.21. The quantitative estimate of drug-likeness (QED) is 0.212. The fourth-order valence-corrected chi connectivity index (χ4v) is 6.49. The van der Waals surface area contributed by atoms with Gasteiger partial charge >= 0.3 is 0 Å². The maximum absolute atomic E-state index is 2.43. The molecule has 0 saturated carbocycles. The highest BCUT2D eigenvalue weighted by atomic mass is 15.0. The minimum atomic E-state index is 1.19. The topological polar surface area (TPSA) is 8.81 Å². The summed E-state index contributed by atoms with van der Waals surface area (Å²) in [5, 5.41) is 5.14. The van der Waals surface area contributed by atoms with Crippen LogP contribution < -0.4 is 4.57 Å². The first-order valence-electron chi connectivity index (χ1n) is 12.9. The molecule has 0 radical (unpaired) electrons. The van der Waals surface area contributed by atoms with Crippen molar-refractivity contribution in [3.63, 3.8) is 0 Å². The van der Waals surface area contributed by atoms with Crippen LogP contribution in [-0.2, 0) is 7.05 Å². The number of aromatic nitrogens is 2.